The smallest absolute Gasteiger partial charge is 0.128 e. The number of halogens is 2. The minimum atomic E-state index is -2.39. The third-order valence-electron chi connectivity index (χ3n) is 2.52. The maximum Gasteiger partial charge on any atom is 0.128 e. The molecule has 2 atom stereocenters. The minimum absolute atomic E-state index is 0.381. The first kappa shape index (κ1) is 11.0. The SMILES string of the molecule is O=S([O-])NC1CCc2c(Cl)ccc(F)c21. The van der Waals surface area contributed by atoms with Crippen molar-refractivity contribution in [2.24, 2.45) is 0 Å². The van der Waals surface area contributed by atoms with Crippen molar-refractivity contribution >= 4 is 22.9 Å². The van der Waals surface area contributed by atoms with Gasteiger partial charge in [0.05, 0.1) is 0 Å². The molecule has 1 aliphatic carbocycles. The van der Waals surface area contributed by atoms with E-state index in [1.54, 1.807) is 0 Å². The van der Waals surface area contributed by atoms with Crippen molar-refractivity contribution < 1.29 is 13.2 Å². The van der Waals surface area contributed by atoms with Gasteiger partial charge in [0.2, 0.25) is 0 Å². The number of hydrogen-bond donors (Lipinski definition) is 1. The summed E-state index contributed by atoms with van der Waals surface area (Å²) in [5, 5.41) is 0.493. The highest BCUT2D eigenvalue weighted by Crippen LogP contribution is 2.37. The molecule has 0 aromatic heterocycles. The molecular weight excluding hydrogens is 241 g/mol. The monoisotopic (exact) mass is 248 g/mol. The molecule has 0 fully saturated rings. The molecule has 0 aliphatic heterocycles. The summed E-state index contributed by atoms with van der Waals surface area (Å²) in [4.78, 5) is 0. The largest absolute Gasteiger partial charge is 0.760 e. The van der Waals surface area contributed by atoms with Gasteiger partial charge in [0.25, 0.3) is 0 Å². The van der Waals surface area contributed by atoms with Crippen molar-refractivity contribution in [1.82, 2.24) is 4.72 Å². The van der Waals surface area contributed by atoms with Gasteiger partial charge in [-0.2, -0.15) is 0 Å². The molecule has 6 heteroatoms. The van der Waals surface area contributed by atoms with E-state index in [9.17, 15) is 13.2 Å². The molecule has 0 saturated heterocycles. The summed E-state index contributed by atoms with van der Waals surface area (Å²) in [7, 11) is 0. The second-order valence-corrected chi connectivity index (χ2v) is 4.48. The molecule has 0 heterocycles. The molecule has 2 rings (SSSR count). The highest BCUT2D eigenvalue weighted by atomic mass is 35.5. The molecular formula is C9H8ClFNO2S-. The summed E-state index contributed by atoms with van der Waals surface area (Å²) in [6, 6.07) is 2.26. The zero-order valence-corrected chi connectivity index (χ0v) is 9.20. The topological polar surface area (TPSA) is 52.2 Å². The third-order valence-corrected chi connectivity index (χ3v) is 3.35. The third kappa shape index (κ3) is 2.06. The number of nitrogens with one attached hydrogen (secondary N) is 1. The molecule has 15 heavy (non-hydrogen) atoms. The first-order chi connectivity index (χ1) is 7.09. The summed E-state index contributed by atoms with van der Waals surface area (Å²) in [6.45, 7) is 0. The Morgan fingerprint density at radius 1 is 1.60 bits per heavy atom. The fraction of sp³-hybridized carbons (Fsp3) is 0.333. The quantitative estimate of drug-likeness (QED) is 0.812. The van der Waals surface area contributed by atoms with Gasteiger partial charge in [-0.05, 0) is 30.5 Å². The highest BCUT2D eigenvalue weighted by molar-refractivity contribution is 7.77. The van der Waals surface area contributed by atoms with Crippen LogP contribution in [0.1, 0.15) is 23.6 Å². The van der Waals surface area contributed by atoms with Crippen LogP contribution in [0.3, 0.4) is 0 Å². The van der Waals surface area contributed by atoms with Crippen LogP contribution in [0, 0.1) is 5.82 Å². The van der Waals surface area contributed by atoms with Crippen LogP contribution in [-0.2, 0) is 17.7 Å². The molecule has 1 aliphatic rings. The van der Waals surface area contributed by atoms with Gasteiger partial charge >= 0.3 is 0 Å². The first-order valence-electron chi connectivity index (χ1n) is 4.42. The van der Waals surface area contributed by atoms with Crippen LogP contribution in [0.5, 0.6) is 0 Å². The van der Waals surface area contributed by atoms with E-state index < -0.39 is 23.1 Å². The standard InChI is InChI=1S/C9H9ClFNO2S/c10-6-2-3-7(11)9-5(6)1-4-8(9)12-15(13)14/h2-3,8,12H,1,4H2,(H,13,14)/p-1. The van der Waals surface area contributed by atoms with E-state index in [-0.39, 0.29) is 0 Å². The van der Waals surface area contributed by atoms with Crippen molar-refractivity contribution in [3.05, 3.63) is 34.1 Å². The predicted octanol–water partition coefficient (Wildman–Crippen LogP) is 1.85. The lowest BCUT2D eigenvalue weighted by Crippen LogP contribution is -2.22. The van der Waals surface area contributed by atoms with Gasteiger partial charge in [-0.1, -0.05) is 11.6 Å². The molecule has 1 N–H and O–H groups in total. The Kier molecular flexibility index (Phi) is 3.06. The normalized spacial score (nSPS) is 21.4. The number of rotatable bonds is 2. The summed E-state index contributed by atoms with van der Waals surface area (Å²) < 4.78 is 36.7. The zero-order valence-electron chi connectivity index (χ0n) is 7.63. The van der Waals surface area contributed by atoms with Crippen LogP contribution >= 0.6 is 11.6 Å². The molecule has 0 bridgehead atoms. The van der Waals surface area contributed by atoms with Gasteiger partial charge < -0.3 is 4.55 Å². The molecule has 0 amide bonds. The summed E-state index contributed by atoms with van der Waals surface area (Å²) in [6.07, 6.45) is 1.14. The second-order valence-electron chi connectivity index (χ2n) is 3.37. The first-order valence-corrected chi connectivity index (χ1v) is 5.87. The Morgan fingerprint density at radius 3 is 3.00 bits per heavy atom. The van der Waals surface area contributed by atoms with Gasteiger partial charge in [0, 0.05) is 27.9 Å². The molecule has 1 aromatic carbocycles. The predicted molar refractivity (Wildman–Crippen MR) is 54.5 cm³/mol. The van der Waals surface area contributed by atoms with Crippen LogP contribution in [-0.4, -0.2) is 8.76 Å². The fourth-order valence-electron chi connectivity index (χ4n) is 1.91. The van der Waals surface area contributed by atoms with Crippen LogP contribution < -0.4 is 4.72 Å². The van der Waals surface area contributed by atoms with Gasteiger partial charge in [-0.25, -0.2) is 9.11 Å². The van der Waals surface area contributed by atoms with E-state index in [1.165, 1.54) is 12.1 Å². The van der Waals surface area contributed by atoms with E-state index in [1.807, 2.05) is 0 Å². The Hall–Kier alpha value is -0.490. The van der Waals surface area contributed by atoms with Crippen LogP contribution in [0.25, 0.3) is 0 Å². The number of fused-ring (bicyclic) bond motifs is 1. The number of benzene rings is 1. The summed E-state index contributed by atoms with van der Waals surface area (Å²) in [5.41, 5.74) is 1.09. The van der Waals surface area contributed by atoms with Crippen molar-refractivity contribution in [3.63, 3.8) is 0 Å². The van der Waals surface area contributed by atoms with Crippen molar-refractivity contribution in [2.45, 2.75) is 18.9 Å². The van der Waals surface area contributed by atoms with Gasteiger partial charge in [-0.15, -0.1) is 0 Å². The van der Waals surface area contributed by atoms with Crippen LogP contribution in [0.4, 0.5) is 4.39 Å². The molecule has 0 saturated carbocycles. The molecule has 2 unspecified atom stereocenters. The maximum atomic E-state index is 13.5. The molecule has 82 valence electrons. The average molecular weight is 249 g/mol. The van der Waals surface area contributed by atoms with E-state index in [2.05, 4.69) is 4.72 Å². The minimum Gasteiger partial charge on any atom is -0.760 e. The maximum absolute atomic E-state index is 13.5. The Balaban J connectivity index is 2.41. The van der Waals surface area contributed by atoms with E-state index in [0.717, 1.165) is 0 Å². The Bertz CT molecular complexity index is 427. The van der Waals surface area contributed by atoms with E-state index in [4.69, 9.17) is 11.6 Å². The zero-order chi connectivity index (χ0) is 11.0. The summed E-state index contributed by atoms with van der Waals surface area (Å²) >= 11 is 3.51. The highest BCUT2D eigenvalue weighted by Gasteiger charge is 2.27. The van der Waals surface area contributed by atoms with Crippen molar-refractivity contribution in [1.29, 1.82) is 0 Å². The van der Waals surface area contributed by atoms with Crippen molar-refractivity contribution in [3.8, 4) is 0 Å². The van der Waals surface area contributed by atoms with Gasteiger partial charge in [-0.3, -0.25) is 4.21 Å². The molecule has 0 spiro atoms. The van der Waals surface area contributed by atoms with Crippen LogP contribution in [0.2, 0.25) is 5.02 Å². The van der Waals surface area contributed by atoms with Gasteiger partial charge in [0.15, 0.2) is 0 Å². The fourth-order valence-corrected chi connectivity index (χ4v) is 2.63. The van der Waals surface area contributed by atoms with Gasteiger partial charge in [0.1, 0.15) is 5.82 Å². The van der Waals surface area contributed by atoms with E-state index in [0.29, 0.717) is 29.0 Å². The second kappa shape index (κ2) is 4.17. The average Bonchev–Trinajstić information content (AvgIpc) is 2.56. The molecule has 3 nitrogen and oxygen atoms in total. The Morgan fingerprint density at radius 2 is 2.33 bits per heavy atom. The number of hydrogen-bond acceptors (Lipinski definition) is 2. The molecule has 0 radical (unpaired) electrons. The Labute approximate surface area is 94.1 Å². The molecule has 1 aromatic rings. The lowest BCUT2D eigenvalue weighted by atomic mass is 10.1. The lowest BCUT2D eigenvalue weighted by Gasteiger charge is -2.16. The summed E-state index contributed by atoms with van der Waals surface area (Å²) in [5.74, 6) is -0.408. The lowest BCUT2D eigenvalue weighted by molar-refractivity contribution is 0.498. The van der Waals surface area contributed by atoms with Crippen molar-refractivity contribution in [2.75, 3.05) is 0 Å². The van der Waals surface area contributed by atoms with Crippen LogP contribution in [0.15, 0.2) is 12.1 Å². The van der Waals surface area contributed by atoms with E-state index >= 15 is 0 Å².